The second kappa shape index (κ2) is 10.5. The third kappa shape index (κ3) is 6.17. The Kier molecular flexibility index (Phi) is 7.25. The van der Waals surface area contributed by atoms with Crippen LogP contribution in [0.5, 0.6) is 5.75 Å². The largest absolute Gasteiger partial charge is 0.497 e. The topological polar surface area (TPSA) is 50.8 Å². The van der Waals surface area contributed by atoms with Gasteiger partial charge in [0.1, 0.15) is 16.4 Å². The van der Waals surface area contributed by atoms with Crippen molar-refractivity contribution in [3.8, 4) is 17.0 Å². The molecule has 1 N–H and O–H groups in total. The van der Waals surface area contributed by atoms with Gasteiger partial charge < -0.3 is 9.72 Å². The maximum atomic E-state index is 13.3. The molecule has 0 unspecified atom stereocenters. The number of methoxy groups -OCH3 is 1. The van der Waals surface area contributed by atoms with Gasteiger partial charge in [-0.3, -0.25) is 0 Å². The van der Waals surface area contributed by atoms with E-state index in [0.717, 1.165) is 53.4 Å². The molecule has 0 saturated carbocycles. The third-order valence-electron chi connectivity index (χ3n) is 5.58. The summed E-state index contributed by atoms with van der Waals surface area (Å²) in [4.78, 5) is 12.8. The van der Waals surface area contributed by atoms with Crippen LogP contribution in [0.25, 0.3) is 22.3 Å². The van der Waals surface area contributed by atoms with Crippen LogP contribution in [0.15, 0.2) is 98.8 Å². The Morgan fingerprint density at radius 2 is 1.31 bits per heavy atom. The lowest BCUT2D eigenvalue weighted by atomic mass is 10.1. The standard InChI is InChI=1S/C27H17F6N3OS2/c1-37-18-10-8-15(9-11-18)22-14-21-23(34-22)35-25(39-20-7-3-5-17(13-20)27(31,32)33)36-24(21)38-19-6-2-4-16(12-19)26(28,29)30/h2-14H,1H3,(H,34,35,36). The van der Waals surface area contributed by atoms with Crippen LogP contribution in [-0.4, -0.2) is 22.1 Å². The quantitative estimate of drug-likeness (QED) is 0.124. The third-order valence-corrected chi connectivity index (χ3v) is 7.43. The Labute approximate surface area is 226 Å². The van der Waals surface area contributed by atoms with Gasteiger partial charge in [0.15, 0.2) is 5.16 Å². The van der Waals surface area contributed by atoms with Gasteiger partial charge in [0.25, 0.3) is 0 Å². The summed E-state index contributed by atoms with van der Waals surface area (Å²) in [5, 5.41) is 1.04. The Balaban J connectivity index is 1.58. The van der Waals surface area contributed by atoms with E-state index in [4.69, 9.17) is 4.74 Å². The number of hydrogen-bond donors (Lipinski definition) is 1. The molecule has 0 atom stereocenters. The Morgan fingerprint density at radius 3 is 1.87 bits per heavy atom. The second-order valence-corrected chi connectivity index (χ2v) is 10.3. The second-order valence-electron chi connectivity index (χ2n) is 8.24. The normalized spacial score (nSPS) is 12.2. The van der Waals surface area contributed by atoms with E-state index in [0.29, 0.717) is 32.4 Å². The van der Waals surface area contributed by atoms with Gasteiger partial charge in [-0.05, 0) is 84.1 Å². The number of aromatic nitrogens is 3. The van der Waals surface area contributed by atoms with E-state index in [1.165, 1.54) is 24.3 Å². The predicted octanol–water partition coefficient (Wildman–Crippen LogP) is 8.97. The highest BCUT2D eigenvalue weighted by Crippen LogP contribution is 2.39. The summed E-state index contributed by atoms with van der Waals surface area (Å²) < 4.78 is 84.7. The van der Waals surface area contributed by atoms with Gasteiger partial charge in [0.05, 0.1) is 23.6 Å². The number of rotatable bonds is 6. The Hall–Kier alpha value is -3.64. The van der Waals surface area contributed by atoms with Crippen LogP contribution in [0, 0.1) is 0 Å². The van der Waals surface area contributed by atoms with Gasteiger partial charge in [0.2, 0.25) is 0 Å². The fourth-order valence-electron chi connectivity index (χ4n) is 3.70. The summed E-state index contributed by atoms with van der Waals surface area (Å²) in [5.74, 6) is 0.662. The first-order valence-corrected chi connectivity index (χ1v) is 12.9. The van der Waals surface area contributed by atoms with E-state index >= 15 is 0 Å². The van der Waals surface area contributed by atoms with Crippen LogP contribution in [0.1, 0.15) is 11.1 Å². The Morgan fingerprint density at radius 1 is 0.718 bits per heavy atom. The molecule has 0 aliphatic carbocycles. The molecule has 0 spiro atoms. The lowest BCUT2D eigenvalue weighted by molar-refractivity contribution is -0.138. The van der Waals surface area contributed by atoms with Crippen molar-refractivity contribution in [1.82, 2.24) is 15.0 Å². The van der Waals surface area contributed by atoms with Gasteiger partial charge in [-0.2, -0.15) is 26.3 Å². The zero-order chi connectivity index (χ0) is 27.8. The van der Waals surface area contributed by atoms with Crippen LogP contribution in [0.3, 0.4) is 0 Å². The first-order valence-electron chi connectivity index (χ1n) is 11.2. The highest BCUT2D eigenvalue weighted by molar-refractivity contribution is 8.00. The maximum absolute atomic E-state index is 13.3. The summed E-state index contributed by atoms with van der Waals surface area (Å²) >= 11 is 1.93. The molecular weight excluding hydrogens is 560 g/mol. The SMILES string of the molecule is COc1ccc(-c2cc3c(Sc4cccc(C(F)(F)F)c4)nc(Sc4cccc(C(F)(F)F)c4)nc3[nH]2)cc1. The minimum Gasteiger partial charge on any atom is -0.497 e. The van der Waals surface area contributed by atoms with Crippen LogP contribution in [0.2, 0.25) is 0 Å². The summed E-state index contributed by atoms with van der Waals surface area (Å²) in [6.07, 6.45) is -9.03. The molecule has 0 aliphatic heterocycles. The lowest BCUT2D eigenvalue weighted by Crippen LogP contribution is -2.04. The monoisotopic (exact) mass is 577 g/mol. The van der Waals surface area contributed by atoms with Crippen molar-refractivity contribution < 1.29 is 31.1 Å². The van der Waals surface area contributed by atoms with Crippen molar-refractivity contribution in [2.75, 3.05) is 7.11 Å². The van der Waals surface area contributed by atoms with Crippen molar-refractivity contribution in [2.24, 2.45) is 0 Å². The van der Waals surface area contributed by atoms with Crippen molar-refractivity contribution in [3.05, 3.63) is 90.0 Å². The molecule has 0 radical (unpaired) electrons. The van der Waals surface area contributed by atoms with Crippen LogP contribution in [-0.2, 0) is 12.4 Å². The van der Waals surface area contributed by atoms with Crippen molar-refractivity contribution in [1.29, 1.82) is 0 Å². The predicted molar refractivity (Wildman–Crippen MR) is 137 cm³/mol. The van der Waals surface area contributed by atoms with E-state index in [9.17, 15) is 26.3 Å². The molecule has 0 fully saturated rings. The average molecular weight is 578 g/mol. The molecule has 2 heterocycles. The average Bonchev–Trinajstić information content (AvgIpc) is 3.33. The number of ether oxygens (including phenoxy) is 1. The van der Waals surface area contributed by atoms with Gasteiger partial charge >= 0.3 is 12.4 Å². The molecule has 0 bridgehead atoms. The zero-order valence-corrected chi connectivity index (χ0v) is 21.5. The number of H-pyrrole nitrogens is 1. The van der Waals surface area contributed by atoms with E-state index in [-0.39, 0.29) is 10.1 Å². The molecular formula is C27H17F6N3OS2. The van der Waals surface area contributed by atoms with Gasteiger partial charge in [-0.1, -0.05) is 23.9 Å². The molecule has 12 heteroatoms. The molecule has 5 rings (SSSR count). The Bertz CT molecular complexity index is 1630. The number of halogens is 6. The molecule has 0 saturated heterocycles. The molecule has 5 aromatic rings. The van der Waals surface area contributed by atoms with Crippen LogP contribution < -0.4 is 4.74 Å². The smallest absolute Gasteiger partial charge is 0.416 e. The highest BCUT2D eigenvalue weighted by atomic mass is 32.2. The highest BCUT2D eigenvalue weighted by Gasteiger charge is 2.31. The number of aromatic amines is 1. The zero-order valence-electron chi connectivity index (χ0n) is 19.9. The first-order chi connectivity index (χ1) is 18.5. The summed E-state index contributed by atoms with van der Waals surface area (Å²) in [6, 6.07) is 18.6. The summed E-state index contributed by atoms with van der Waals surface area (Å²) in [5.41, 5.74) is 0.253. The number of hydrogen-bond acceptors (Lipinski definition) is 5. The summed E-state index contributed by atoms with van der Waals surface area (Å²) in [7, 11) is 1.55. The van der Waals surface area contributed by atoms with E-state index in [2.05, 4.69) is 15.0 Å². The molecule has 3 aromatic carbocycles. The number of fused-ring (bicyclic) bond motifs is 1. The van der Waals surface area contributed by atoms with Crippen molar-refractivity contribution in [2.45, 2.75) is 32.3 Å². The van der Waals surface area contributed by atoms with E-state index in [1.807, 2.05) is 12.1 Å². The van der Waals surface area contributed by atoms with E-state index < -0.39 is 23.5 Å². The number of nitrogens with one attached hydrogen (secondary N) is 1. The van der Waals surface area contributed by atoms with Gasteiger partial charge in [-0.25, -0.2) is 9.97 Å². The van der Waals surface area contributed by atoms with E-state index in [1.54, 1.807) is 25.3 Å². The first kappa shape index (κ1) is 26.9. The molecule has 2 aromatic heterocycles. The molecule has 0 aliphatic rings. The fourth-order valence-corrected chi connectivity index (χ4v) is 5.53. The number of benzene rings is 3. The minimum atomic E-state index is -4.52. The molecule has 0 amide bonds. The van der Waals surface area contributed by atoms with Crippen molar-refractivity contribution in [3.63, 3.8) is 0 Å². The van der Waals surface area contributed by atoms with Crippen LogP contribution >= 0.6 is 23.5 Å². The molecule has 39 heavy (non-hydrogen) atoms. The summed E-state index contributed by atoms with van der Waals surface area (Å²) in [6.45, 7) is 0. The number of alkyl halides is 6. The van der Waals surface area contributed by atoms with Crippen LogP contribution in [0.4, 0.5) is 26.3 Å². The number of nitrogens with zero attached hydrogens (tertiary/aromatic N) is 2. The fraction of sp³-hybridized carbons (Fsp3) is 0.111. The lowest BCUT2D eigenvalue weighted by Gasteiger charge is -2.10. The van der Waals surface area contributed by atoms with Gasteiger partial charge in [-0.15, -0.1) is 0 Å². The molecule has 200 valence electrons. The van der Waals surface area contributed by atoms with Crippen molar-refractivity contribution >= 4 is 34.6 Å². The molecule has 4 nitrogen and oxygen atoms in total. The minimum absolute atomic E-state index is 0.138. The maximum Gasteiger partial charge on any atom is 0.416 e. The van der Waals surface area contributed by atoms with Gasteiger partial charge in [0, 0.05) is 15.5 Å².